The first-order chi connectivity index (χ1) is 8.45. The smallest absolute Gasteiger partial charge is 0.327 e. The molecule has 0 aliphatic carbocycles. The SMILES string of the molecule is CCC(C)Sc1nc2c([nH]1)c(=O)n(C)c(=O)n2C. The summed E-state index contributed by atoms with van der Waals surface area (Å²) in [6.45, 7) is 4.18. The highest BCUT2D eigenvalue weighted by Crippen LogP contribution is 2.23. The van der Waals surface area contributed by atoms with Crippen LogP contribution in [0.4, 0.5) is 0 Å². The fourth-order valence-corrected chi connectivity index (χ4v) is 2.48. The van der Waals surface area contributed by atoms with E-state index in [0.29, 0.717) is 21.6 Å². The van der Waals surface area contributed by atoms with Crippen molar-refractivity contribution in [2.24, 2.45) is 14.1 Å². The summed E-state index contributed by atoms with van der Waals surface area (Å²) in [5, 5.41) is 1.09. The van der Waals surface area contributed by atoms with Crippen molar-refractivity contribution in [3.63, 3.8) is 0 Å². The van der Waals surface area contributed by atoms with Crippen LogP contribution in [0.5, 0.6) is 0 Å². The molecule has 0 amide bonds. The zero-order chi connectivity index (χ0) is 13.4. The molecule has 0 aliphatic rings. The van der Waals surface area contributed by atoms with Crippen LogP contribution in [0.3, 0.4) is 0 Å². The summed E-state index contributed by atoms with van der Waals surface area (Å²) in [4.78, 5) is 31.0. The van der Waals surface area contributed by atoms with Crippen molar-refractivity contribution in [2.75, 3.05) is 0 Å². The van der Waals surface area contributed by atoms with Crippen molar-refractivity contribution >= 4 is 22.9 Å². The normalized spacial score (nSPS) is 13.1. The Bertz CT molecular complexity index is 697. The number of hydrogen-bond acceptors (Lipinski definition) is 4. The van der Waals surface area contributed by atoms with Crippen molar-refractivity contribution in [3.8, 4) is 0 Å². The molecule has 2 rings (SSSR count). The van der Waals surface area contributed by atoms with Crippen LogP contribution in [0.25, 0.3) is 11.2 Å². The molecular formula is C11H16N4O2S. The van der Waals surface area contributed by atoms with Crippen molar-refractivity contribution in [1.82, 2.24) is 19.1 Å². The highest BCUT2D eigenvalue weighted by atomic mass is 32.2. The Labute approximate surface area is 108 Å². The number of hydrogen-bond donors (Lipinski definition) is 1. The van der Waals surface area contributed by atoms with Crippen LogP contribution in [0.15, 0.2) is 14.7 Å². The Balaban J connectivity index is 2.65. The third-order valence-corrected chi connectivity index (χ3v) is 4.11. The lowest BCUT2D eigenvalue weighted by molar-refractivity contribution is 0.708. The number of aryl methyl sites for hydroxylation is 1. The summed E-state index contributed by atoms with van der Waals surface area (Å²) in [7, 11) is 3.08. The van der Waals surface area contributed by atoms with Gasteiger partial charge in [-0.1, -0.05) is 25.6 Å². The van der Waals surface area contributed by atoms with Gasteiger partial charge in [-0.3, -0.25) is 13.9 Å². The summed E-state index contributed by atoms with van der Waals surface area (Å²) in [5.41, 5.74) is 0.0926. The topological polar surface area (TPSA) is 72.7 Å². The van der Waals surface area contributed by atoms with E-state index < -0.39 is 0 Å². The predicted molar refractivity (Wildman–Crippen MR) is 72.2 cm³/mol. The molecule has 0 radical (unpaired) electrons. The van der Waals surface area contributed by atoms with E-state index in [1.807, 2.05) is 0 Å². The van der Waals surface area contributed by atoms with E-state index in [1.165, 1.54) is 11.6 Å². The second kappa shape index (κ2) is 4.64. The predicted octanol–water partition coefficient (Wildman–Crippen LogP) is 0.851. The average Bonchev–Trinajstić information content (AvgIpc) is 2.77. The monoisotopic (exact) mass is 268 g/mol. The lowest BCUT2D eigenvalue weighted by Gasteiger charge is -2.03. The molecule has 98 valence electrons. The van der Waals surface area contributed by atoms with Gasteiger partial charge in [-0.25, -0.2) is 9.78 Å². The number of nitrogens with zero attached hydrogens (tertiary/aromatic N) is 3. The van der Waals surface area contributed by atoms with Gasteiger partial charge in [-0.2, -0.15) is 0 Å². The maximum absolute atomic E-state index is 11.9. The standard InChI is InChI=1S/C11H16N4O2S/c1-5-6(2)18-10-12-7-8(13-10)14(3)11(17)15(4)9(7)16/h6H,5H2,1-4H3,(H,12,13). The van der Waals surface area contributed by atoms with Crippen LogP contribution in [0.2, 0.25) is 0 Å². The zero-order valence-corrected chi connectivity index (χ0v) is 11.7. The summed E-state index contributed by atoms with van der Waals surface area (Å²) in [6, 6.07) is 0. The fraction of sp³-hybridized carbons (Fsp3) is 0.545. The Morgan fingerprint density at radius 1 is 1.33 bits per heavy atom. The first kappa shape index (κ1) is 12.9. The maximum Gasteiger partial charge on any atom is 0.332 e. The minimum atomic E-state index is -0.362. The molecule has 0 aliphatic heterocycles. The summed E-state index contributed by atoms with van der Waals surface area (Å²) in [6.07, 6.45) is 1.01. The van der Waals surface area contributed by atoms with Crippen molar-refractivity contribution < 1.29 is 0 Å². The number of thioether (sulfide) groups is 1. The van der Waals surface area contributed by atoms with Crippen molar-refractivity contribution in [3.05, 3.63) is 20.8 Å². The zero-order valence-electron chi connectivity index (χ0n) is 10.9. The quantitative estimate of drug-likeness (QED) is 0.838. The van der Waals surface area contributed by atoms with E-state index in [1.54, 1.807) is 18.8 Å². The highest BCUT2D eigenvalue weighted by molar-refractivity contribution is 7.99. The van der Waals surface area contributed by atoms with Gasteiger partial charge in [0.05, 0.1) is 0 Å². The van der Waals surface area contributed by atoms with Gasteiger partial charge >= 0.3 is 5.69 Å². The molecule has 1 atom stereocenters. The largest absolute Gasteiger partial charge is 0.332 e. The number of imidazole rings is 1. The van der Waals surface area contributed by atoms with Crippen molar-refractivity contribution in [2.45, 2.75) is 30.7 Å². The second-order valence-electron chi connectivity index (χ2n) is 4.28. The van der Waals surface area contributed by atoms with Crippen LogP contribution in [-0.4, -0.2) is 24.4 Å². The van der Waals surface area contributed by atoms with Gasteiger partial charge in [0, 0.05) is 19.3 Å². The molecule has 1 unspecified atom stereocenters. The van der Waals surface area contributed by atoms with Crippen LogP contribution < -0.4 is 11.2 Å². The van der Waals surface area contributed by atoms with Gasteiger partial charge in [0.1, 0.15) is 0 Å². The Kier molecular flexibility index (Phi) is 3.34. The maximum atomic E-state index is 11.9. The molecule has 0 saturated heterocycles. The summed E-state index contributed by atoms with van der Waals surface area (Å²) >= 11 is 1.57. The van der Waals surface area contributed by atoms with E-state index in [-0.39, 0.29) is 11.2 Å². The second-order valence-corrected chi connectivity index (χ2v) is 5.71. The molecule has 2 aromatic heterocycles. The fourth-order valence-electron chi connectivity index (χ4n) is 1.63. The van der Waals surface area contributed by atoms with Gasteiger partial charge < -0.3 is 4.98 Å². The number of rotatable bonds is 3. The van der Waals surface area contributed by atoms with E-state index in [9.17, 15) is 9.59 Å². The lowest BCUT2D eigenvalue weighted by Crippen LogP contribution is -2.36. The minimum absolute atomic E-state index is 0.336. The molecule has 6 nitrogen and oxygen atoms in total. The molecular weight excluding hydrogens is 252 g/mol. The summed E-state index contributed by atoms with van der Waals surface area (Å²) in [5.74, 6) is 0. The van der Waals surface area contributed by atoms with E-state index in [0.717, 1.165) is 11.0 Å². The van der Waals surface area contributed by atoms with Gasteiger partial charge in [-0.15, -0.1) is 0 Å². The first-order valence-corrected chi connectivity index (χ1v) is 6.66. The van der Waals surface area contributed by atoms with Gasteiger partial charge in [0.15, 0.2) is 16.3 Å². The minimum Gasteiger partial charge on any atom is -0.327 e. The molecule has 0 aromatic carbocycles. The molecule has 0 fully saturated rings. The third kappa shape index (κ3) is 1.98. The Hall–Kier alpha value is -1.50. The van der Waals surface area contributed by atoms with Crippen LogP contribution in [0.1, 0.15) is 20.3 Å². The van der Waals surface area contributed by atoms with E-state index in [4.69, 9.17) is 0 Å². The molecule has 7 heteroatoms. The van der Waals surface area contributed by atoms with E-state index >= 15 is 0 Å². The molecule has 0 spiro atoms. The van der Waals surface area contributed by atoms with Crippen LogP contribution >= 0.6 is 11.8 Å². The number of fused-ring (bicyclic) bond motifs is 1. The summed E-state index contributed by atoms with van der Waals surface area (Å²) < 4.78 is 2.46. The van der Waals surface area contributed by atoms with Crippen LogP contribution in [0, 0.1) is 0 Å². The molecule has 2 aromatic rings. The van der Waals surface area contributed by atoms with E-state index in [2.05, 4.69) is 23.8 Å². The molecule has 0 saturated carbocycles. The third-order valence-electron chi connectivity index (χ3n) is 2.96. The Morgan fingerprint density at radius 2 is 2.00 bits per heavy atom. The number of H-pyrrole nitrogens is 1. The number of nitrogens with one attached hydrogen (secondary N) is 1. The van der Waals surface area contributed by atoms with Gasteiger partial charge in [0.2, 0.25) is 0 Å². The molecule has 18 heavy (non-hydrogen) atoms. The van der Waals surface area contributed by atoms with Gasteiger partial charge in [0.25, 0.3) is 5.56 Å². The van der Waals surface area contributed by atoms with Crippen LogP contribution in [-0.2, 0) is 14.1 Å². The number of aromatic amines is 1. The first-order valence-electron chi connectivity index (χ1n) is 5.78. The highest BCUT2D eigenvalue weighted by Gasteiger charge is 2.14. The average molecular weight is 268 g/mol. The lowest BCUT2D eigenvalue weighted by atomic mass is 10.4. The Morgan fingerprint density at radius 3 is 2.61 bits per heavy atom. The molecule has 1 N–H and O–H groups in total. The number of aromatic nitrogens is 4. The molecule has 2 heterocycles. The van der Waals surface area contributed by atoms with Gasteiger partial charge in [-0.05, 0) is 6.42 Å². The molecule has 0 bridgehead atoms. The van der Waals surface area contributed by atoms with Crippen molar-refractivity contribution in [1.29, 1.82) is 0 Å².